The molecule has 0 spiro atoms. The molecule has 1 aliphatic rings. The second-order valence-electron chi connectivity index (χ2n) is 2.49. The Labute approximate surface area is 123 Å². The molecular weight excluding hydrogens is 394 g/mol. The average Bonchev–Trinajstić information content (AvgIpc) is 2.62. The van der Waals surface area contributed by atoms with E-state index >= 15 is 0 Å². The summed E-state index contributed by atoms with van der Waals surface area (Å²) in [4.78, 5) is 0. The fraction of sp³-hybridized carbons (Fsp3) is 0.0833. The van der Waals surface area contributed by atoms with E-state index in [0.717, 1.165) is 12.0 Å². The second kappa shape index (κ2) is 14.0. The van der Waals surface area contributed by atoms with Gasteiger partial charge >= 0.3 is 0 Å². The van der Waals surface area contributed by atoms with Crippen LogP contribution < -0.4 is 0 Å². The van der Waals surface area contributed by atoms with Crippen molar-refractivity contribution in [1.29, 1.82) is 0 Å². The first-order valence-electron chi connectivity index (χ1n) is 3.98. The summed E-state index contributed by atoms with van der Waals surface area (Å²) in [5, 5.41) is 0. The molecule has 0 aliphatic heterocycles. The number of hydrogen-bond acceptors (Lipinski definition) is 0. The molecule has 82 valence electrons. The van der Waals surface area contributed by atoms with Crippen LogP contribution in [0.3, 0.4) is 0 Å². The zero-order valence-corrected chi connectivity index (χ0v) is 13.6. The van der Waals surface area contributed by atoms with Crippen molar-refractivity contribution in [3.05, 3.63) is 67.1 Å². The van der Waals surface area contributed by atoms with Crippen molar-refractivity contribution in [2.24, 2.45) is 0 Å². The van der Waals surface area contributed by atoms with Crippen LogP contribution in [0.25, 0.3) is 0 Å². The van der Waals surface area contributed by atoms with Crippen LogP contribution in [-0.4, -0.2) is 0 Å². The van der Waals surface area contributed by atoms with Crippen molar-refractivity contribution >= 4 is 24.8 Å². The van der Waals surface area contributed by atoms with Gasteiger partial charge in [0.2, 0.25) is 0 Å². The smallest absolute Gasteiger partial charge is 0 e. The third-order valence-electron chi connectivity index (χ3n) is 1.43. The van der Waals surface area contributed by atoms with Crippen LogP contribution in [0.4, 0.5) is 0 Å². The average molecular weight is 408 g/mol. The number of halogens is 2. The largest absolute Gasteiger partial charge is 0.273 e. The molecule has 1 aromatic carbocycles. The van der Waals surface area contributed by atoms with Gasteiger partial charge in [0.15, 0.2) is 0 Å². The van der Waals surface area contributed by atoms with Crippen LogP contribution in [0.5, 0.6) is 0 Å². The molecule has 3 heteroatoms. The molecule has 0 unspecified atom stereocenters. The maximum atomic E-state index is 3.72. The zero-order chi connectivity index (χ0) is 8.65. The minimum Gasteiger partial charge on any atom is -0.273 e. The van der Waals surface area contributed by atoms with Gasteiger partial charge in [-0.2, -0.15) is 30.7 Å². The minimum absolute atomic E-state index is 0. The summed E-state index contributed by atoms with van der Waals surface area (Å²) in [5.41, 5.74) is 1.07. The van der Waals surface area contributed by atoms with Crippen molar-refractivity contribution in [1.82, 2.24) is 0 Å². The van der Waals surface area contributed by atoms with E-state index < -0.39 is 0 Å². The molecular formula is C12H14Cl2Hf-2. The van der Waals surface area contributed by atoms with Gasteiger partial charge in [0, 0.05) is 25.8 Å². The summed E-state index contributed by atoms with van der Waals surface area (Å²) >= 11 is 0. The second-order valence-corrected chi connectivity index (χ2v) is 2.49. The van der Waals surface area contributed by atoms with Gasteiger partial charge in [-0.15, -0.1) is 43.4 Å². The molecule has 0 bridgehead atoms. The summed E-state index contributed by atoms with van der Waals surface area (Å²) in [6.07, 6.45) is 10.0. The van der Waals surface area contributed by atoms with Crippen molar-refractivity contribution in [3.63, 3.8) is 0 Å². The van der Waals surface area contributed by atoms with Crippen LogP contribution in [-0.2, 0) is 25.8 Å². The van der Waals surface area contributed by atoms with Gasteiger partial charge < -0.3 is 0 Å². The van der Waals surface area contributed by atoms with Gasteiger partial charge in [-0.1, -0.05) is 6.07 Å². The van der Waals surface area contributed by atoms with Crippen molar-refractivity contribution in [2.45, 2.75) is 6.42 Å². The maximum Gasteiger partial charge on any atom is 0 e. The number of benzene rings is 1. The maximum absolute atomic E-state index is 3.72. The van der Waals surface area contributed by atoms with E-state index in [1.54, 1.807) is 0 Å². The summed E-state index contributed by atoms with van der Waals surface area (Å²) in [6.45, 7) is 3.72. The van der Waals surface area contributed by atoms with Gasteiger partial charge in [0.05, 0.1) is 0 Å². The molecule has 0 radical (unpaired) electrons. The van der Waals surface area contributed by atoms with Crippen LogP contribution >= 0.6 is 24.8 Å². The molecule has 2 rings (SSSR count). The fourth-order valence-electron chi connectivity index (χ4n) is 0.818. The summed E-state index contributed by atoms with van der Waals surface area (Å²) in [6, 6.07) is 9.87. The Morgan fingerprint density at radius 1 is 1.07 bits per heavy atom. The third-order valence-corrected chi connectivity index (χ3v) is 1.43. The summed E-state index contributed by atoms with van der Waals surface area (Å²) in [7, 11) is 0. The Balaban J connectivity index is -0.000000165. The molecule has 1 aliphatic carbocycles. The van der Waals surface area contributed by atoms with Crippen LogP contribution in [0.1, 0.15) is 12.0 Å². The van der Waals surface area contributed by atoms with E-state index in [9.17, 15) is 0 Å². The van der Waals surface area contributed by atoms with Crippen molar-refractivity contribution in [2.75, 3.05) is 0 Å². The Kier molecular flexibility index (Phi) is 19.1. The van der Waals surface area contributed by atoms with Gasteiger partial charge in [0.1, 0.15) is 0 Å². The topological polar surface area (TPSA) is 0 Å². The van der Waals surface area contributed by atoms with E-state index in [4.69, 9.17) is 0 Å². The molecule has 0 saturated carbocycles. The van der Waals surface area contributed by atoms with E-state index in [-0.39, 0.29) is 50.7 Å². The van der Waals surface area contributed by atoms with Crippen LogP contribution in [0.2, 0.25) is 0 Å². The standard InChI is InChI=1S/C7H7.C5H5.2ClH.Hf/c1-7-5-3-2-4-6-7;1-2-4-5-3-1;;;/h2-6H,1H2;1-3H,4H2;2*1H;/q2*-1;;;. The fourth-order valence-corrected chi connectivity index (χ4v) is 0.818. The van der Waals surface area contributed by atoms with E-state index in [0.29, 0.717) is 0 Å². The molecule has 0 amide bonds. The van der Waals surface area contributed by atoms with E-state index in [2.05, 4.69) is 19.1 Å². The Morgan fingerprint density at radius 2 is 1.67 bits per heavy atom. The number of rotatable bonds is 0. The molecule has 0 atom stereocenters. The SMILES string of the molecule is Cl.Cl.[C-]1=CC=CC1.[CH2-]c1ccccc1.[Hf]. The van der Waals surface area contributed by atoms with Gasteiger partial charge in [-0.25, -0.2) is 12.2 Å². The summed E-state index contributed by atoms with van der Waals surface area (Å²) < 4.78 is 0. The molecule has 0 aromatic heterocycles. The van der Waals surface area contributed by atoms with Gasteiger partial charge in [0.25, 0.3) is 0 Å². The predicted octanol–water partition coefficient (Wildman–Crippen LogP) is 4.02. The first-order valence-corrected chi connectivity index (χ1v) is 3.98. The van der Waals surface area contributed by atoms with Crippen LogP contribution in [0.15, 0.2) is 48.6 Å². The quantitative estimate of drug-likeness (QED) is 0.450. The Bertz CT molecular complexity index is 258. The van der Waals surface area contributed by atoms with E-state index in [1.807, 2.05) is 42.5 Å². The number of hydrogen-bond donors (Lipinski definition) is 0. The summed E-state index contributed by atoms with van der Waals surface area (Å²) in [5.74, 6) is 0. The third kappa shape index (κ3) is 11.9. The normalized spacial score (nSPS) is 9.87. The van der Waals surface area contributed by atoms with Crippen molar-refractivity contribution < 1.29 is 25.8 Å². The van der Waals surface area contributed by atoms with Crippen molar-refractivity contribution in [3.8, 4) is 0 Å². The molecule has 0 heterocycles. The van der Waals surface area contributed by atoms with Gasteiger partial charge in [-0.05, 0) is 0 Å². The van der Waals surface area contributed by atoms with E-state index in [1.165, 1.54) is 0 Å². The van der Waals surface area contributed by atoms with Crippen LogP contribution in [0, 0.1) is 13.0 Å². The first kappa shape index (κ1) is 20.4. The monoisotopic (exact) mass is 408 g/mol. The molecule has 1 aromatic rings. The molecule has 0 nitrogen and oxygen atoms in total. The molecule has 0 fully saturated rings. The first-order chi connectivity index (χ1) is 5.89. The predicted molar refractivity (Wildman–Crippen MR) is 67.0 cm³/mol. The van der Waals surface area contributed by atoms with Gasteiger partial charge in [-0.3, -0.25) is 6.08 Å². The number of allylic oxidation sites excluding steroid dienone is 4. The Morgan fingerprint density at radius 3 is 1.87 bits per heavy atom. The molecule has 0 N–H and O–H groups in total. The Hall–Kier alpha value is 0.0201. The zero-order valence-electron chi connectivity index (χ0n) is 8.35. The minimum atomic E-state index is 0. The molecule has 15 heavy (non-hydrogen) atoms. The molecule has 0 saturated heterocycles.